The van der Waals surface area contributed by atoms with Crippen molar-refractivity contribution in [3.63, 3.8) is 0 Å². The summed E-state index contributed by atoms with van der Waals surface area (Å²) < 4.78 is 2.15. The molecule has 0 unspecified atom stereocenters. The minimum absolute atomic E-state index is 0.964. The van der Waals surface area contributed by atoms with E-state index in [0.717, 1.165) is 25.5 Å². The lowest BCUT2D eigenvalue weighted by Crippen LogP contribution is -2.19. The van der Waals surface area contributed by atoms with E-state index in [9.17, 15) is 0 Å². The van der Waals surface area contributed by atoms with Crippen LogP contribution in [0.4, 0.5) is 0 Å². The summed E-state index contributed by atoms with van der Waals surface area (Å²) in [6, 6.07) is 4.24. The third-order valence-electron chi connectivity index (χ3n) is 2.33. The van der Waals surface area contributed by atoms with Gasteiger partial charge < -0.3 is 9.88 Å². The van der Waals surface area contributed by atoms with Gasteiger partial charge in [-0.1, -0.05) is 6.07 Å². The molecule has 2 heterocycles. The van der Waals surface area contributed by atoms with E-state index in [4.69, 9.17) is 0 Å². The highest BCUT2D eigenvalue weighted by Crippen LogP contribution is 2.07. The van der Waals surface area contributed by atoms with Crippen LogP contribution in [0.15, 0.2) is 29.9 Å². The van der Waals surface area contributed by atoms with Crippen molar-refractivity contribution < 1.29 is 0 Å². The van der Waals surface area contributed by atoms with E-state index in [1.807, 2.05) is 19.3 Å². The van der Waals surface area contributed by atoms with E-state index >= 15 is 0 Å². The first-order chi connectivity index (χ1) is 7.36. The lowest BCUT2D eigenvalue weighted by molar-refractivity contribution is 0.590. The molecular weight excluding hydrogens is 206 g/mol. The predicted molar refractivity (Wildman–Crippen MR) is 63.0 cm³/mol. The molecule has 3 nitrogen and oxygen atoms in total. The van der Waals surface area contributed by atoms with Crippen LogP contribution < -0.4 is 5.32 Å². The van der Waals surface area contributed by atoms with E-state index in [1.165, 1.54) is 4.88 Å². The Hall–Kier alpha value is -1.13. The van der Waals surface area contributed by atoms with Gasteiger partial charge in [0.05, 0.1) is 0 Å². The SMILES string of the molecule is Cc1nccn1CCNCc1cccs1. The minimum atomic E-state index is 0.964. The fourth-order valence-corrected chi connectivity index (χ4v) is 2.14. The highest BCUT2D eigenvalue weighted by atomic mass is 32.1. The summed E-state index contributed by atoms with van der Waals surface area (Å²) in [6.07, 6.45) is 3.86. The van der Waals surface area contributed by atoms with Crippen molar-refractivity contribution in [3.8, 4) is 0 Å². The molecule has 0 aromatic carbocycles. The smallest absolute Gasteiger partial charge is 0.105 e. The first-order valence-corrected chi connectivity index (χ1v) is 5.95. The summed E-state index contributed by atoms with van der Waals surface area (Å²) in [6.45, 7) is 4.96. The maximum Gasteiger partial charge on any atom is 0.105 e. The predicted octanol–water partition coefficient (Wildman–Crippen LogP) is 2.04. The van der Waals surface area contributed by atoms with Gasteiger partial charge in [-0.05, 0) is 18.4 Å². The molecule has 2 rings (SSSR count). The van der Waals surface area contributed by atoms with Crippen molar-refractivity contribution in [2.45, 2.75) is 20.0 Å². The third-order valence-corrected chi connectivity index (χ3v) is 3.21. The highest BCUT2D eigenvalue weighted by molar-refractivity contribution is 7.09. The van der Waals surface area contributed by atoms with Gasteiger partial charge in [-0.3, -0.25) is 0 Å². The summed E-state index contributed by atoms with van der Waals surface area (Å²) in [5.41, 5.74) is 0. The fraction of sp³-hybridized carbons (Fsp3) is 0.364. The van der Waals surface area contributed by atoms with Crippen molar-refractivity contribution in [1.82, 2.24) is 14.9 Å². The number of nitrogens with zero attached hydrogens (tertiary/aromatic N) is 2. The minimum Gasteiger partial charge on any atom is -0.334 e. The molecule has 0 saturated carbocycles. The van der Waals surface area contributed by atoms with Gasteiger partial charge >= 0.3 is 0 Å². The Kier molecular flexibility index (Phi) is 3.53. The van der Waals surface area contributed by atoms with Gasteiger partial charge in [0.15, 0.2) is 0 Å². The summed E-state index contributed by atoms with van der Waals surface area (Å²) in [7, 11) is 0. The van der Waals surface area contributed by atoms with Crippen LogP contribution in [0.25, 0.3) is 0 Å². The number of thiophene rings is 1. The molecule has 1 N–H and O–H groups in total. The van der Waals surface area contributed by atoms with E-state index < -0.39 is 0 Å². The van der Waals surface area contributed by atoms with Gasteiger partial charge in [-0.2, -0.15) is 0 Å². The number of hydrogen-bond donors (Lipinski definition) is 1. The monoisotopic (exact) mass is 221 g/mol. The molecule has 0 aliphatic rings. The summed E-state index contributed by atoms with van der Waals surface area (Å²) in [5.74, 6) is 1.08. The van der Waals surface area contributed by atoms with Crippen LogP contribution in [0.2, 0.25) is 0 Å². The molecule has 2 aromatic rings. The lowest BCUT2D eigenvalue weighted by Gasteiger charge is -2.05. The second-order valence-corrected chi connectivity index (χ2v) is 4.46. The molecule has 2 aromatic heterocycles. The van der Waals surface area contributed by atoms with Gasteiger partial charge in [0.1, 0.15) is 5.82 Å². The zero-order chi connectivity index (χ0) is 10.5. The van der Waals surface area contributed by atoms with Crippen LogP contribution in [0, 0.1) is 6.92 Å². The molecular formula is C11H15N3S. The highest BCUT2D eigenvalue weighted by Gasteiger charge is 1.96. The van der Waals surface area contributed by atoms with Crippen LogP contribution >= 0.6 is 11.3 Å². The Morgan fingerprint density at radius 3 is 3.13 bits per heavy atom. The molecule has 0 aliphatic carbocycles. The van der Waals surface area contributed by atoms with E-state index in [0.29, 0.717) is 0 Å². The second kappa shape index (κ2) is 5.09. The topological polar surface area (TPSA) is 29.9 Å². The standard InChI is InChI=1S/C11H15N3S/c1-10-13-5-7-14(10)6-4-12-9-11-3-2-8-15-11/h2-3,5,7-8,12H,4,6,9H2,1H3. The van der Waals surface area contributed by atoms with E-state index in [-0.39, 0.29) is 0 Å². The number of hydrogen-bond acceptors (Lipinski definition) is 3. The van der Waals surface area contributed by atoms with Crippen molar-refractivity contribution in [2.24, 2.45) is 0 Å². The first kappa shape index (κ1) is 10.4. The molecule has 0 spiro atoms. The molecule has 0 fully saturated rings. The van der Waals surface area contributed by atoms with Gasteiger partial charge in [0, 0.05) is 36.9 Å². The molecule has 0 aliphatic heterocycles. The summed E-state index contributed by atoms with van der Waals surface area (Å²) in [5, 5.41) is 5.52. The zero-order valence-corrected chi connectivity index (χ0v) is 9.63. The fourth-order valence-electron chi connectivity index (χ4n) is 1.46. The Morgan fingerprint density at radius 1 is 1.53 bits per heavy atom. The lowest BCUT2D eigenvalue weighted by atomic mass is 10.4. The molecule has 0 saturated heterocycles. The molecule has 0 bridgehead atoms. The van der Waals surface area contributed by atoms with Crippen LogP contribution in [0.1, 0.15) is 10.7 Å². The van der Waals surface area contributed by atoms with Gasteiger partial charge in [-0.25, -0.2) is 4.98 Å². The van der Waals surface area contributed by atoms with Gasteiger partial charge in [0.2, 0.25) is 0 Å². The number of aromatic nitrogens is 2. The first-order valence-electron chi connectivity index (χ1n) is 5.07. The quantitative estimate of drug-likeness (QED) is 0.783. The molecule has 0 atom stereocenters. The zero-order valence-electron chi connectivity index (χ0n) is 8.81. The Balaban J connectivity index is 1.70. The average molecular weight is 221 g/mol. The van der Waals surface area contributed by atoms with Gasteiger partial charge in [0.25, 0.3) is 0 Å². The van der Waals surface area contributed by atoms with Crippen molar-refractivity contribution >= 4 is 11.3 Å². The number of aryl methyl sites for hydroxylation is 1. The maximum absolute atomic E-state index is 4.18. The molecule has 80 valence electrons. The summed E-state index contributed by atoms with van der Waals surface area (Å²) >= 11 is 1.79. The molecule has 0 amide bonds. The number of rotatable bonds is 5. The van der Waals surface area contributed by atoms with Crippen LogP contribution in [-0.4, -0.2) is 16.1 Å². The van der Waals surface area contributed by atoms with Crippen LogP contribution in [0.5, 0.6) is 0 Å². The largest absolute Gasteiger partial charge is 0.334 e. The Labute approximate surface area is 93.8 Å². The van der Waals surface area contributed by atoms with Crippen molar-refractivity contribution in [3.05, 3.63) is 40.6 Å². The third kappa shape index (κ3) is 2.91. The maximum atomic E-state index is 4.18. The van der Waals surface area contributed by atoms with Crippen LogP contribution in [-0.2, 0) is 13.1 Å². The Morgan fingerprint density at radius 2 is 2.47 bits per heavy atom. The van der Waals surface area contributed by atoms with Crippen LogP contribution in [0.3, 0.4) is 0 Å². The number of imidazole rings is 1. The number of nitrogens with one attached hydrogen (secondary N) is 1. The second-order valence-electron chi connectivity index (χ2n) is 3.42. The van der Waals surface area contributed by atoms with E-state index in [1.54, 1.807) is 11.3 Å². The average Bonchev–Trinajstić information content (AvgIpc) is 2.85. The molecule has 4 heteroatoms. The normalized spacial score (nSPS) is 10.7. The van der Waals surface area contributed by atoms with E-state index in [2.05, 4.69) is 32.4 Å². The Bertz CT molecular complexity index is 392. The van der Waals surface area contributed by atoms with Gasteiger partial charge in [-0.15, -0.1) is 11.3 Å². The summed E-state index contributed by atoms with van der Waals surface area (Å²) in [4.78, 5) is 5.57. The van der Waals surface area contributed by atoms with Crippen molar-refractivity contribution in [1.29, 1.82) is 0 Å². The molecule has 0 radical (unpaired) electrons. The molecule has 15 heavy (non-hydrogen) atoms. The van der Waals surface area contributed by atoms with Crippen molar-refractivity contribution in [2.75, 3.05) is 6.54 Å².